The molecular weight excluding hydrogens is 192 g/mol. The van der Waals surface area contributed by atoms with Crippen molar-refractivity contribution in [2.24, 2.45) is 5.92 Å². The first-order valence-corrected chi connectivity index (χ1v) is 5.49. The third-order valence-electron chi connectivity index (χ3n) is 2.13. The second-order valence-electron chi connectivity index (χ2n) is 4.41. The van der Waals surface area contributed by atoms with Gasteiger partial charge in [-0.1, -0.05) is 13.8 Å². The van der Waals surface area contributed by atoms with E-state index in [0.717, 1.165) is 0 Å². The molecule has 1 unspecified atom stereocenters. The normalized spacial score (nSPS) is 13.3. The zero-order valence-corrected chi connectivity index (χ0v) is 10.5. The lowest BCUT2D eigenvalue weighted by atomic mass is 10.1. The van der Waals surface area contributed by atoms with Crippen LogP contribution in [0.3, 0.4) is 0 Å². The standard InChI is InChI=1S/C11H24N2O2/c1-8(2)10(7-15-5)12-6-11(14)13-9(3)4/h8-10,12H,6-7H2,1-5H3,(H,13,14). The molecule has 0 spiro atoms. The summed E-state index contributed by atoms with van der Waals surface area (Å²) in [7, 11) is 1.67. The summed E-state index contributed by atoms with van der Waals surface area (Å²) in [5.41, 5.74) is 0. The summed E-state index contributed by atoms with van der Waals surface area (Å²) >= 11 is 0. The molecule has 1 atom stereocenters. The zero-order valence-electron chi connectivity index (χ0n) is 10.5. The first-order valence-electron chi connectivity index (χ1n) is 5.49. The maximum atomic E-state index is 11.4. The fourth-order valence-corrected chi connectivity index (χ4v) is 1.26. The highest BCUT2D eigenvalue weighted by molar-refractivity contribution is 5.78. The highest BCUT2D eigenvalue weighted by atomic mass is 16.5. The molecule has 0 bridgehead atoms. The van der Waals surface area contributed by atoms with E-state index in [2.05, 4.69) is 24.5 Å². The Labute approximate surface area is 92.8 Å². The molecule has 0 rings (SSSR count). The number of carbonyl (C=O) groups excluding carboxylic acids is 1. The molecule has 0 aliphatic rings. The van der Waals surface area contributed by atoms with Gasteiger partial charge in [0.15, 0.2) is 0 Å². The number of rotatable bonds is 7. The molecule has 0 aromatic heterocycles. The largest absolute Gasteiger partial charge is 0.383 e. The minimum absolute atomic E-state index is 0.0340. The minimum atomic E-state index is 0.0340. The van der Waals surface area contributed by atoms with Crippen molar-refractivity contribution in [3.8, 4) is 0 Å². The summed E-state index contributed by atoms with van der Waals surface area (Å²) in [6, 6.07) is 0.423. The number of methoxy groups -OCH3 is 1. The number of carbonyl (C=O) groups is 1. The fraction of sp³-hybridized carbons (Fsp3) is 0.909. The Morgan fingerprint density at radius 1 is 1.27 bits per heavy atom. The molecule has 0 heterocycles. The lowest BCUT2D eigenvalue weighted by Gasteiger charge is -2.21. The van der Waals surface area contributed by atoms with Crippen molar-refractivity contribution in [3.63, 3.8) is 0 Å². The van der Waals surface area contributed by atoms with Gasteiger partial charge in [0.05, 0.1) is 13.2 Å². The Hall–Kier alpha value is -0.610. The van der Waals surface area contributed by atoms with Gasteiger partial charge in [0.1, 0.15) is 0 Å². The Kier molecular flexibility index (Phi) is 7.34. The van der Waals surface area contributed by atoms with Crippen LogP contribution in [0, 0.1) is 5.92 Å². The van der Waals surface area contributed by atoms with Crippen molar-refractivity contribution in [3.05, 3.63) is 0 Å². The van der Waals surface area contributed by atoms with Crippen molar-refractivity contribution >= 4 is 5.91 Å². The molecule has 0 saturated carbocycles. The van der Waals surface area contributed by atoms with Crippen LogP contribution in [0.2, 0.25) is 0 Å². The SMILES string of the molecule is COCC(NCC(=O)NC(C)C)C(C)C. The van der Waals surface area contributed by atoms with Crippen molar-refractivity contribution < 1.29 is 9.53 Å². The predicted octanol–water partition coefficient (Wildman–Crippen LogP) is 0.772. The van der Waals surface area contributed by atoms with E-state index < -0.39 is 0 Å². The third-order valence-corrected chi connectivity index (χ3v) is 2.13. The van der Waals surface area contributed by atoms with E-state index in [1.807, 2.05) is 13.8 Å². The van der Waals surface area contributed by atoms with Gasteiger partial charge >= 0.3 is 0 Å². The van der Waals surface area contributed by atoms with Crippen LogP contribution in [0.4, 0.5) is 0 Å². The Balaban J connectivity index is 3.83. The molecule has 0 aromatic rings. The average Bonchev–Trinajstić information content (AvgIpc) is 2.10. The maximum absolute atomic E-state index is 11.4. The molecule has 90 valence electrons. The van der Waals surface area contributed by atoms with Crippen molar-refractivity contribution in [1.29, 1.82) is 0 Å². The first kappa shape index (κ1) is 14.4. The van der Waals surface area contributed by atoms with Gasteiger partial charge < -0.3 is 15.4 Å². The number of nitrogens with one attached hydrogen (secondary N) is 2. The number of hydrogen-bond donors (Lipinski definition) is 2. The molecule has 2 N–H and O–H groups in total. The topological polar surface area (TPSA) is 50.4 Å². The quantitative estimate of drug-likeness (QED) is 0.661. The van der Waals surface area contributed by atoms with E-state index in [0.29, 0.717) is 19.1 Å². The van der Waals surface area contributed by atoms with Crippen LogP contribution >= 0.6 is 0 Å². The van der Waals surface area contributed by atoms with Crippen molar-refractivity contribution in [2.45, 2.75) is 39.8 Å². The summed E-state index contributed by atoms with van der Waals surface area (Å²) in [6.45, 7) is 9.10. The Morgan fingerprint density at radius 3 is 2.27 bits per heavy atom. The van der Waals surface area contributed by atoms with Gasteiger partial charge in [0, 0.05) is 19.2 Å². The summed E-state index contributed by atoms with van der Waals surface area (Å²) in [6.07, 6.45) is 0. The van der Waals surface area contributed by atoms with Gasteiger partial charge in [-0.25, -0.2) is 0 Å². The van der Waals surface area contributed by atoms with Gasteiger partial charge in [0.25, 0.3) is 0 Å². The number of amides is 1. The zero-order chi connectivity index (χ0) is 11.8. The molecule has 1 amide bonds. The smallest absolute Gasteiger partial charge is 0.234 e. The van der Waals surface area contributed by atoms with E-state index in [4.69, 9.17) is 4.74 Å². The van der Waals surface area contributed by atoms with Crippen LogP contribution < -0.4 is 10.6 Å². The van der Waals surface area contributed by atoms with Crippen LogP contribution in [0.15, 0.2) is 0 Å². The van der Waals surface area contributed by atoms with Gasteiger partial charge in [-0.05, 0) is 19.8 Å². The summed E-state index contributed by atoms with van der Waals surface area (Å²) < 4.78 is 5.08. The monoisotopic (exact) mass is 216 g/mol. The second kappa shape index (κ2) is 7.65. The van der Waals surface area contributed by atoms with E-state index in [-0.39, 0.29) is 18.0 Å². The first-order chi connectivity index (χ1) is 6.97. The second-order valence-corrected chi connectivity index (χ2v) is 4.41. The molecule has 0 aliphatic carbocycles. The van der Waals surface area contributed by atoms with Gasteiger partial charge in [-0.15, -0.1) is 0 Å². The number of ether oxygens (including phenoxy) is 1. The van der Waals surface area contributed by atoms with Crippen molar-refractivity contribution in [2.75, 3.05) is 20.3 Å². The molecular formula is C11H24N2O2. The van der Waals surface area contributed by atoms with Crippen LogP contribution in [0.5, 0.6) is 0 Å². The summed E-state index contributed by atoms with van der Waals surface area (Å²) in [5, 5.41) is 6.03. The van der Waals surface area contributed by atoms with Crippen LogP contribution in [-0.4, -0.2) is 38.3 Å². The van der Waals surface area contributed by atoms with Gasteiger partial charge in [-0.3, -0.25) is 4.79 Å². The third kappa shape index (κ3) is 7.33. The lowest BCUT2D eigenvalue weighted by Crippen LogP contribution is -2.45. The minimum Gasteiger partial charge on any atom is -0.383 e. The highest BCUT2D eigenvalue weighted by Crippen LogP contribution is 2.00. The van der Waals surface area contributed by atoms with Crippen LogP contribution in [0.1, 0.15) is 27.7 Å². The van der Waals surface area contributed by atoms with E-state index >= 15 is 0 Å². The highest BCUT2D eigenvalue weighted by Gasteiger charge is 2.13. The van der Waals surface area contributed by atoms with Gasteiger partial charge in [0.2, 0.25) is 5.91 Å². The fourth-order valence-electron chi connectivity index (χ4n) is 1.26. The van der Waals surface area contributed by atoms with Crippen LogP contribution in [-0.2, 0) is 9.53 Å². The Bertz CT molecular complexity index is 181. The van der Waals surface area contributed by atoms with E-state index in [1.165, 1.54) is 0 Å². The maximum Gasteiger partial charge on any atom is 0.234 e. The number of hydrogen-bond acceptors (Lipinski definition) is 3. The summed E-state index contributed by atoms with van der Waals surface area (Å²) in [4.78, 5) is 11.4. The average molecular weight is 216 g/mol. The molecule has 0 aliphatic heterocycles. The van der Waals surface area contributed by atoms with Gasteiger partial charge in [-0.2, -0.15) is 0 Å². The molecule has 0 saturated heterocycles. The molecule has 4 nitrogen and oxygen atoms in total. The lowest BCUT2D eigenvalue weighted by molar-refractivity contribution is -0.120. The van der Waals surface area contributed by atoms with Crippen LogP contribution in [0.25, 0.3) is 0 Å². The van der Waals surface area contributed by atoms with E-state index in [9.17, 15) is 4.79 Å². The molecule has 0 fully saturated rings. The Morgan fingerprint density at radius 2 is 1.87 bits per heavy atom. The van der Waals surface area contributed by atoms with Crippen molar-refractivity contribution in [1.82, 2.24) is 10.6 Å². The molecule has 0 aromatic carbocycles. The summed E-state index contributed by atoms with van der Waals surface area (Å²) in [5.74, 6) is 0.489. The molecule has 15 heavy (non-hydrogen) atoms. The molecule has 4 heteroatoms. The molecule has 0 radical (unpaired) electrons. The van der Waals surface area contributed by atoms with E-state index in [1.54, 1.807) is 7.11 Å². The predicted molar refractivity (Wildman–Crippen MR) is 61.8 cm³/mol.